The first-order valence-electron chi connectivity index (χ1n) is 12.7. The molecular weight excluding hydrogens is 356 g/mol. The third kappa shape index (κ3) is 3.65. The number of rotatable bonds is 5. The van der Waals surface area contributed by atoms with Gasteiger partial charge >= 0.3 is 0 Å². The molecule has 4 aliphatic carbocycles. The van der Waals surface area contributed by atoms with Gasteiger partial charge in [-0.1, -0.05) is 65.5 Å². The van der Waals surface area contributed by atoms with Crippen molar-refractivity contribution >= 4 is 0 Å². The van der Waals surface area contributed by atoms with Crippen LogP contribution in [0, 0.1) is 46.3 Å². The SMILES string of the molecule is CC(C)CCC[C@@H](C)[C@H]1CC[C@H]2C3=CC[C@H]4C[C@@H](O)CC[C@]4(C)[C@H]3[C@H](O)C[C@]12C. The highest BCUT2D eigenvalue weighted by molar-refractivity contribution is 5.29. The minimum atomic E-state index is -0.200. The molecule has 0 saturated heterocycles. The van der Waals surface area contributed by atoms with E-state index in [1.54, 1.807) is 5.57 Å². The molecule has 29 heavy (non-hydrogen) atoms. The zero-order chi connectivity index (χ0) is 21.0. The van der Waals surface area contributed by atoms with Gasteiger partial charge in [-0.25, -0.2) is 0 Å². The second-order valence-corrected chi connectivity index (χ2v) is 12.4. The number of allylic oxidation sites excluding steroid dienone is 1. The molecule has 0 aromatic carbocycles. The molecule has 2 heteroatoms. The first-order chi connectivity index (χ1) is 13.7. The van der Waals surface area contributed by atoms with E-state index in [0.29, 0.717) is 17.8 Å². The molecule has 2 nitrogen and oxygen atoms in total. The normalized spacial score (nSPS) is 47.9. The van der Waals surface area contributed by atoms with Crippen molar-refractivity contribution in [1.29, 1.82) is 0 Å². The van der Waals surface area contributed by atoms with Gasteiger partial charge in [-0.05, 0) is 85.4 Å². The van der Waals surface area contributed by atoms with E-state index < -0.39 is 0 Å². The lowest BCUT2D eigenvalue weighted by Crippen LogP contribution is -2.55. The van der Waals surface area contributed by atoms with E-state index >= 15 is 0 Å². The Bertz CT molecular complexity index is 624. The zero-order valence-corrected chi connectivity index (χ0v) is 19.7. The fourth-order valence-electron chi connectivity index (χ4n) is 8.64. The molecule has 0 heterocycles. The van der Waals surface area contributed by atoms with Gasteiger partial charge in [-0.3, -0.25) is 0 Å². The monoisotopic (exact) mass is 402 g/mol. The predicted molar refractivity (Wildman–Crippen MR) is 120 cm³/mol. The Morgan fingerprint density at radius 2 is 1.79 bits per heavy atom. The lowest BCUT2D eigenvalue weighted by molar-refractivity contribution is -0.0995. The summed E-state index contributed by atoms with van der Waals surface area (Å²) >= 11 is 0. The number of aliphatic hydroxyl groups excluding tert-OH is 2. The van der Waals surface area contributed by atoms with Crippen LogP contribution >= 0.6 is 0 Å². The number of aliphatic hydroxyl groups is 2. The summed E-state index contributed by atoms with van der Waals surface area (Å²) in [6, 6.07) is 0. The van der Waals surface area contributed by atoms with E-state index in [1.807, 2.05) is 0 Å². The van der Waals surface area contributed by atoms with E-state index in [-0.39, 0.29) is 23.0 Å². The highest BCUT2D eigenvalue weighted by atomic mass is 16.3. The van der Waals surface area contributed by atoms with Crippen LogP contribution in [0.5, 0.6) is 0 Å². The average Bonchev–Trinajstić information content (AvgIpc) is 2.98. The largest absolute Gasteiger partial charge is 0.393 e. The summed E-state index contributed by atoms with van der Waals surface area (Å²) in [5, 5.41) is 21.8. The minimum absolute atomic E-state index is 0.128. The predicted octanol–water partition coefficient (Wildman–Crippen LogP) is 6.36. The van der Waals surface area contributed by atoms with Crippen LogP contribution in [0.2, 0.25) is 0 Å². The molecule has 166 valence electrons. The zero-order valence-electron chi connectivity index (χ0n) is 19.7. The Morgan fingerprint density at radius 3 is 2.52 bits per heavy atom. The highest BCUT2D eigenvalue weighted by Gasteiger charge is 2.60. The number of fused-ring (bicyclic) bond motifs is 5. The fourth-order valence-corrected chi connectivity index (χ4v) is 8.64. The van der Waals surface area contributed by atoms with Gasteiger partial charge in [0.2, 0.25) is 0 Å². The van der Waals surface area contributed by atoms with E-state index in [2.05, 4.69) is 40.7 Å². The molecule has 4 aliphatic rings. The molecule has 0 amide bonds. The highest BCUT2D eigenvalue weighted by Crippen LogP contribution is 2.66. The van der Waals surface area contributed by atoms with Gasteiger partial charge in [0.15, 0.2) is 0 Å². The molecular formula is C27H46O2. The van der Waals surface area contributed by atoms with E-state index in [4.69, 9.17) is 0 Å². The molecule has 3 saturated carbocycles. The number of hydrogen-bond donors (Lipinski definition) is 2. The molecule has 0 aliphatic heterocycles. The second kappa shape index (κ2) is 7.97. The minimum Gasteiger partial charge on any atom is -0.393 e. The fraction of sp³-hybridized carbons (Fsp3) is 0.926. The Labute approximate surface area is 179 Å². The third-order valence-corrected chi connectivity index (χ3v) is 10.2. The van der Waals surface area contributed by atoms with Crippen molar-refractivity contribution in [2.75, 3.05) is 0 Å². The van der Waals surface area contributed by atoms with Crippen LogP contribution in [0.3, 0.4) is 0 Å². The molecule has 0 aromatic rings. The van der Waals surface area contributed by atoms with Crippen LogP contribution in [0.15, 0.2) is 11.6 Å². The molecule has 2 N–H and O–H groups in total. The summed E-state index contributed by atoms with van der Waals surface area (Å²) in [7, 11) is 0. The van der Waals surface area contributed by atoms with Crippen molar-refractivity contribution < 1.29 is 10.2 Å². The molecule has 3 fully saturated rings. The molecule has 4 rings (SSSR count). The maximum Gasteiger partial charge on any atom is 0.0616 e. The van der Waals surface area contributed by atoms with Crippen LogP contribution in [-0.2, 0) is 0 Å². The van der Waals surface area contributed by atoms with Crippen molar-refractivity contribution in [2.24, 2.45) is 46.3 Å². The van der Waals surface area contributed by atoms with Gasteiger partial charge in [-0.2, -0.15) is 0 Å². The van der Waals surface area contributed by atoms with E-state index in [9.17, 15) is 10.2 Å². The van der Waals surface area contributed by atoms with E-state index in [0.717, 1.165) is 49.9 Å². The molecule has 9 atom stereocenters. The quantitative estimate of drug-likeness (QED) is 0.525. The van der Waals surface area contributed by atoms with Crippen molar-refractivity contribution in [3.05, 3.63) is 11.6 Å². The maximum atomic E-state index is 11.5. The van der Waals surface area contributed by atoms with Gasteiger partial charge < -0.3 is 10.2 Å². The summed E-state index contributed by atoms with van der Waals surface area (Å²) in [4.78, 5) is 0. The van der Waals surface area contributed by atoms with Crippen molar-refractivity contribution in [2.45, 2.75) is 111 Å². The summed E-state index contributed by atoms with van der Waals surface area (Å²) in [5.41, 5.74) is 2.08. The topological polar surface area (TPSA) is 40.5 Å². The summed E-state index contributed by atoms with van der Waals surface area (Å²) < 4.78 is 0. The summed E-state index contributed by atoms with van der Waals surface area (Å²) in [6.07, 6.45) is 14.0. The van der Waals surface area contributed by atoms with Crippen LogP contribution in [0.1, 0.15) is 98.8 Å². The van der Waals surface area contributed by atoms with Gasteiger partial charge in [-0.15, -0.1) is 0 Å². The Morgan fingerprint density at radius 1 is 1.03 bits per heavy atom. The van der Waals surface area contributed by atoms with Crippen LogP contribution in [-0.4, -0.2) is 22.4 Å². The first kappa shape index (κ1) is 21.9. The average molecular weight is 403 g/mol. The Hall–Kier alpha value is -0.340. The second-order valence-electron chi connectivity index (χ2n) is 12.4. The lowest BCUT2D eigenvalue weighted by atomic mass is 9.47. The van der Waals surface area contributed by atoms with E-state index in [1.165, 1.54) is 32.1 Å². The van der Waals surface area contributed by atoms with Crippen molar-refractivity contribution in [1.82, 2.24) is 0 Å². The van der Waals surface area contributed by atoms with Crippen LogP contribution < -0.4 is 0 Å². The van der Waals surface area contributed by atoms with Crippen LogP contribution in [0.4, 0.5) is 0 Å². The first-order valence-corrected chi connectivity index (χ1v) is 12.7. The Kier molecular flexibility index (Phi) is 6.01. The Balaban J connectivity index is 1.55. The van der Waals surface area contributed by atoms with Gasteiger partial charge in [0, 0.05) is 5.92 Å². The molecule has 0 unspecified atom stereocenters. The molecule has 0 bridgehead atoms. The smallest absolute Gasteiger partial charge is 0.0616 e. The molecule has 0 aromatic heterocycles. The van der Waals surface area contributed by atoms with Crippen molar-refractivity contribution in [3.8, 4) is 0 Å². The van der Waals surface area contributed by atoms with Crippen LogP contribution in [0.25, 0.3) is 0 Å². The van der Waals surface area contributed by atoms with Gasteiger partial charge in [0.25, 0.3) is 0 Å². The van der Waals surface area contributed by atoms with Gasteiger partial charge in [0.05, 0.1) is 12.2 Å². The summed E-state index contributed by atoms with van der Waals surface area (Å²) in [5.74, 6) is 3.90. The number of hydrogen-bond acceptors (Lipinski definition) is 2. The lowest BCUT2D eigenvalue weighted by Gasteiger charge is -2.59. The maximum absolute atomic E-state index is 11.5. The van der Waals surface area contributed by atoms with Crippen molar-refractivity contribution in [3.63, 3.8) is 0 Å². The van der Waals surface area contributed by atoms with Gasteiger partial charge in [0.1, 0.15) is 0 Å². The summed E-state index contributed by atoms with van der Waals surface area (Å²) in [6.45, 7) is 12.1. The molecule has 0 spiro atoms. The standard InChI is InChI=1S/C27H46O2/c1-17(2)7-6-8-18(3)22-11-12-23-21-10-9-19-15-20(28)13-14-26(19,4)25(21)24(29)16-27(22,23)5/h10,17-20,22-25,28-29H,6-9,11-16H2,1-5H3/t18-,19+,20+,22-,23+,24-,25-,26+,27-/m1/s1. The molecule has 0 radical (unpaired) electrons. The third-order valence-electron chi connectivity index (χ3n) is 10.2.